The third-order valence-corrected chi connectivity index (χ3v) is 5.98. The highest BCUT2D eigenvalue weighted by Gasteiger charge is 2.33. The zero-order valence-corrected chi connectivity index (χ0v) is 16.3. The number of halogens is 1. The highest BCUT2D eigenvalue weighted by molar-refractivity contribution is 6.34. The van der Waals surface area contributed by atoms with E-state index in [-0.39, 0.29) is 0 Å². The average molecular weight is 387 g/mol. The molecule has 1 aromatic carbocycles. The minimum absolute atomic E-state index is 0.393. The number of nitrogens with zero attached hydrogens (tertiary/aromatic N) is 6. The van der Waals surface area contributed by atoms with Crippen molar-refractivity contribution in [2.75, 3.05) is 37.7 Å². The van der Waals surface area contributed by atoms with Gasteiger partial charge in [-0.25, -0.2) is 4.68 Å². The Labute approximate surface area is 163 Å². The Hall–Kier alpha value is -2.09. The van der Waals surface area contributed by atoms with E-state index in [9.17, 15) is 0 Å². The molecule has 8 heteroatoms. The monoisotopic (exact) mass is 386 g/mol. The van der Waals surface area contributed by atoms with Gasteiger partial charge >= 0.3 is 0 Å². The molecule has 2 aliphatic rings. The lowest BCUT2D eigenvalue weighted by Crippen LogP contribution is -2.59. The maximum absolute atomic E-state index is 6.67. The fourth-order valence-electron chi connectivity index (χ4n) is 4.09. The third kappa shape index (κ3) is 2.90. The average Bonchev–Trinajstić information content (AvgIpc) is 3.18. The molecule has 0 aliphatic carbocycles. The molecular formula is C19H23ClN6O. The second-order valence-electron chi connectivity index (χ2n) is 7.52. The van der Waals surface area contributed by atoms with E-state index in [0.717, 1.165) is 60.1 Å². The van der Waals surface area contributed by atoms with Crippen LogP contribution in [0.1, 0.15) is 6.92 Å². The lowest BCUT2D eigenvalue weighted by Gasteiger charge is -2.46. The van der Waals surface area contributed by atoms with Crippen LogP contribution in [0.2, 0.25) is 5.02 Å². The summed E-state index contributed by atoms with van der Waals surface area (Å²) in [7, 11) is 1.91. The van der Waals surface area contributed by atoms with Crippen molar-refractivity contribution in [1.82, 2.24) is 24.5 Å². The first-order valence-corrected chi connectivity index (χ1v) is 9.72. The Kier molecular flexibility index (Phi) is 4.11. The van der Waals surface area contributed by atoms with E-state index in [1.54, 1.807) is 4.68 Å². The van der Waals surface area contributed by atoms with E-state index in [1.807, 2.05) is 36.4 Å². The summed E-state index contributed by atoms with van der Waals surface area (Å²) in [5, 5.41) is 10.6. The summed E-state index contributed by atoms with van der Waals surface area (Å²) in [5.41, 5.74) is 3.07. The lowest BCUT2D eigenvalue weighted by atomic mass is 10.1. The first-order valence-electron chi connectivity index (χ1n) is 9.35. The van der Waals surface area contributed by atoms with Gasteiger partial charge in [-0.3, -0.25) is 9.58 Å². The van der Waals surface area contributed by atoms with Crippen molar-refractivity contribution >= 4 is 28.2 Å². The Bertz CT molecular complexity index is 978. The Balaban J connectivity index is 1.48. The van der Waals surface area contributed by atoms with Crippen LogP contribution in [0.4, 0.5) is 5.69 Å². The number of aromatic nitrogens is 4. The van der Waals surface area contributed by atoms with Gasteiger partial charge in [0, 0.05) is 38.1 Å². The van der Waals surface area contributed by atoms with Crippen LogP contribution in [-0.2, 0) is 11.8 Å². The molecule has 3 aromatic rings. The molecule has 0 amide bonds. The summed E-state index contributed by atoms with van der Waals surface area (Å²) < 4.78 is 9.07. The van der Waals surface area contributed by atoms with Gasteiger partial charge in [-0.1, -0.05) is 11.6 Å². The molecule has 4 heterocycles. The first-order chi connectivity index (χ1) is 13.1. The van der Waals surface area contributed by atoms with Crippen LogP contribution in [0.5, 0.6) is 0 Å². The highest BCUT2D eigenvalue weighted by atomic mass is 35.5. The van der Waals surface area contributed by atoms with Gasteiger partial charge in [0.25, 0.3) is 0 Å². The van der Waals surface area contributed by atoms with Crippen molar-refractivity contribution in [3.8, 4) is 5.69 Å². The zero-order valence-electron chi connectivity index (χ0n) is 15.5. The minimum Gasteiger partial charge on any atom is -0.378 e. The van der Waals surface area contributed by atoms with Crippen LogP contribution < -0.4 is 4.90 Å². The topological polar surface area (TPSA) is 51.4 Å². The molecule has 2 saturated heterocycles. The van der Waals surface area contributed by atoms with Crippen molar-refractivity contribution in [1.29, 1.82) is 0 Å². The van der Waals surface area contributed by atoms with E-state index in [1.165, 1.54) is 0 Å². The largest absolute Gasteiger partial charge is 0.378 e. The van der Waals surface area contributed by atoms with Gasteiger partial charge < -0.3 is 9.64 Å². The lowest BCUT2D eigenvalue weighted by molar-refractivity contribution is -0.0691. The molecule has 2 aliphatic heterocycles. The second kappa shape index (κ2) is 6.51. The number of aryl methyl sites for hydroxylation is 1. The summed E-state index contributed by atoms with van der Waals surface area (Å²) >= 11 is 6.67. The minimum atomic E-state index is 0.393. The molecule has 0 radical (unpaired) electrons. The first kappa shape index (κ1) is 17.0. The number of ether oxygens (including phenoxy) is 1. The van der Waals surface area contributed by atoms with E-state index >= 15 is 0 Å². The van der Waals surface area contributed by atoms with Crippen LogP contribution in [0.15, 0.2) is 30.7 Å². The van der Waals surface area contributed by atoms with Gasteiger partial charge in [0.1, 0.15) is 5.69 Å². The number of hydrogen-bond donors (Lipinski definition) is 0. The smallest absolute Gasteiger partial charge is 0.103 e. The predicted octanol–water partition coefficient (Wildman–Crippen LogP) is 2.32. The van der Waals surface area contributed by atoms with Crippen LogP contribution in [0.3, 0.4) is 0 Å². The van der Waals surface area contributed by atoms with Crippen molar-refractivity contribution in [3.05, 3.63) is 35.7 Å². The molecule has 1 unspecified atom stereocenters. The Morgan fingerprint density at radius 1 is 1.15 bits per heavy atom. The van der Waals surface area contributed by atoms with Crippen LogP contribution >= 0.6 is 11.6 Å². The summed E-state index contributed by atoms with van der Waals surface area (Å²) in [6, 6.07) is 5.16. The van der Waals surface area contributed by atoms with Crippen molar-refractivity contribution < 1.29 is 4.74 Å². The molecule has 2 aromatic heterocycles. The third-order valence-electron chi connectivity index (χ3n) is 5.68. The molecule has 142 valence electrons. The maximum atomic E-state index is 6.67. The van der Waals surface area contributed by atoms with E-state index in [0.29, 0.717) is 12.1 Å². The second-order valence-corrected chi connectivity index (χ2v) is 7.93. The summed E-state index contributed by atoms with van der Waals surface area (Å²) in [6.07, 6.45) is 5.64. The van der Waals surface area contributed by atoms with E-state index in [2.05, 4.69) is 33.0 Å². The molecule has 1 atom stereocenters. The van der Waals surface area contributed by atoms with Gasteiger partial charge in [0.15, 0.2) is 0 Å². The fraction of sp³-hybridized carbons (Fsp3) is 0.474. The molecule has 7 nitrogen and oxygen atoms in total. The zero-order chi connectivity index (χ0) is 18.5. The summed E-state index contributed by atoms with van der Waals surface area (Å²) in [6.45, 7) is 7.03. The predicted molar refractivity (Wildman–Crippen MR) is 106 cm³/mol. The fourth-order valence-corrected chi connectivity index (χ4v) is 4.37. The molecule has 0 saturated carbocycles. The summed E-state index contributed by atoms with van der Waals surface area (Å²) in [4.78, 5) is 4.95. The molecule has 0 N–H and O–H groups in total. The Morgan fingerprint density at radius 3 is 2.67 bits per heavy atom. The van der Waals surface area contributed by atoms with Crippen molar-refractivity contribution in [2.24, 2.45) is 7.05 Å². The standard InChI is InChI=1S/C19H23ClN6O/c1-13-9-24(16-11-27-12-16)3-4-25(13)19-6-18-14(5-17(19)20)7-22-26(18)15-8-21-23(2)10-15/h5-8,10,13,16H,3-4,9,11-12H2,1-2H3. The van der Waals surface area contributed by atoms with Gasteiger partial charge in [-0.15, -0.1) is 0 Å². The number of hydrogen-bond acceptors (Lipinski definition) is 5. The highest BCUT2D eigenvalue weighted by Crippen LogP contribution is 2.34. The molecule has 27 heavy (non-hydrogen) atoms. The molecular weight excluding hydrogens is 364 g/mol. The number of rotatable bonds is 3. The van der Waals surface area contributed by atoms with Crippen molar-refractivity contribution in [2.45, 2.75) is 19.0 Å². The van der Waals surface area contributed by atoms with Crippen LogP contribution in [-0.4, -0.2) is 69.4 Å². The summed E-state index contributed by atoms with van der Waals surface area (Å²) in [5.74, 6) is 0. The molecule has 0 spiro atoms. The van der Waals surface area contributed by atoms with Crippen LogP contribution in [0, 0.1) is 0 Å². The normalized spacial score (nSPS) is 21.7. The number of benzene rings is 1. The molecule has 0 bridgehead atoms. The van der Waals surface area contributed by atoms with E-state index < -0.39 is 0 Å². The molecule has 5 rings (SSSR count). The van der Waals surface area contributed by atoms with E-state index in [4.69, 9.17) is 16.3 Å². The SMILES string of the molecule is CC1CN(C2COC2)CCN1c1cc2c(cnn2-c2cnn(C)c2)cc1Cl. The number of anilines is 1. The van der Waals surface area contributed by atoms with Crippen molar-refractivity contribution in [3.63, 3.8) is 0 Å². The molecule has 2 fully saturated rings. The Morgan fingerprint density at radius 2 is 2.00 bits per heavy atom. The van der Waals surface area contributed by atoms with Crippen LogP contribution in [0.25, 0.3) is 16.6 Å². The van der Waals surface area contributed by atoms with Gasteiger partial charge in [0.05, 0.1) is 54.1 Å². The van der Waals surface area contributed by atoms with Gasteiger partial charge in [-0.2, -0.15) is 10.2 Å². The number of fused-ring (bicyclic) bond motifs is 1. The number of piperazine rings is 1. The maximum Gasteiger partial charge on any atom is 0.103 e. The van der Waals surface area contributed by atoms with Gasteiger partial charge in [-0.05, 0) is 19.1 Å². The quantitative estimate of drug-likeness (QED) is 0.691. The van der Waals surface area contributed by atoms with Gasteiger partial charge in [0.2, 0.25) is 0 Å².